The van der Waals surface area contributed by atoms with Crippen LogP contribution in [0.15, 0.2) is 51.7 Å². The van der Waals surface area contributed by atoms with E-state index in [1.807, 2.05) is 6.92 Å². The van der Waals surface area contributed by atoms with Gasteiger partial charge in [0.1, 0.15) is 5.75 Å². The molecule has 8 heteroatoms. The molecule has 0 spiro atoms. The molecule has 0 N–H and O–H groups in total. The average Bonchev–Trinajstić information content (AvgIpc) is 3.11. The monoisotopic (exact) mass is 347 g/mol. The van der Waals surface area contributed by atoms with E-state index >= 15 is 0 Å². The smallest absolute Gasteiger partial charge is 0.363 e. The van der Waals surface area contributed by atoms with Crippen LogP contribution in [0.3, 0.4) is 0 Å². The fourth-order valence-electron chi connectivity index (χ4n) is 2.08. The third kappa shape index (κ3) is 3.54. The number of carbonyl (C=O) groups is 1. The Hall–Kier alpha value is -2.87. The van der Waals surface area contributed by atoms with Gasteiger partial charge in [-0.15, -0.1) is 0 Å². The Morgan fingerprint density at radius 2 is 2.04 bits per heavy atom. The number of furan rings is 1. The highest BCUT2D eigenvalue weighted by atomic mass is 32.2. The van der Waals surface area contributed by atoms with Gasteiger partial charge in [-0.2, -0.15) is 8.42 Å². The molecule has 1 aliphatic heterocycles. The Bertz CT molecular complexity index is 954. The predicted molar refractivity (Wildman–Crippen MR) is 86.0 cm³/mol. The van der Waals surface area contributed by atoms with Gasteiger partial charge in [-0.05, 0) is 37.3 Å². The van der Waals surface area contributed by atoms with Gasteiger partial charge < -0.3 is 13.3 Å². The molecule has 0 radical (unpaired) electrons. The SMILES string of the molecule is Cc1ccc(OS(C)(=O)=O)c(/C=C2\N=C(c3ccco3)OC2=O)c1. The molecule has 0 bridgehead atoms. The summed E-state index contributed by atoms with van der Waals surface area (Å²) in [6.45, 7) is 1.83. The lowest BCUT2D eigenvalue weighted by Crippen LogP contribution is -2.07. The highest BCUT2D eigenvalue weighted by Gasteiger charge is 2.26. The maximum atomic E-state index is 12.0. The summed E-state index contributed by atoms with van der Waals surface area (Å²) < 4.78 is 37.9. The van der Waals surface area contributed by atoms with E-state index in [0.717, 1.165) is 11.8 Å². The molecule has 24 heavy (non-hydrogen) atoms. The Morgan fingerprint density at radius 3 is 2.71 bits per heavy atom. The molecular formula is C16H13NO6S. The van der Waals surface area contributed by atoms with Crippen LogP contribution in [0, 0.1) is 6.92 Å². The third-order valence-electron chi connectivity index (χ3n) is 3.05. The number of aryl methyl sites for hydroxylation is 1. The van der Waals surface area contributed by atoms with Crippen LogP contribution in [0.25, 0.3) is 6.08 Å². The van der Waals surface area contributed by atoms with E-state index in [9.17, 15) is 13.2 Å². The van der Waals surface area contributed by atoms with E-state index in [1.165, 1.54) is 18.4 Å². The van der Waals surface area contributed by atoms with Gasteiger partial charge in [0.2, 0.25) is 0 Å². The van der Waals surface area contributed by atoms with Crippen molar-refractivity contribution in [2.24, 2.45) is 4.99 Å². The number of ether oxygens (including phenoxy) is 1. The van der Waals surface area contributed by atoms with Crippen LogP contribution in [0.5, 0.6) is 5.75 Å². The van der Waals surface area contributed by atoms with E-state index in [2.05, 4.69) is 4.99 Å². The number of esters is 1. The summed E-state index contributed by atoms with van der Waals surface area (Å²) in [6, 6.07) is 8.15. The predicted octanol–water partition coefficient (Wildman–Crippen LogP) is 2.27. The van der Waals surface area contributed by atoms with Crippen molar-refractivity contribution in [2.45, 2.75) is 6.92 Å². The quantitative estimate of drug-likeness (QED) is 0.478. The minimum atomic E-state index is -3.70. The fourth-order valence-corrected chi connectivity index (χ4v) is 2.56. The summed E-state index contributed by atoms with van der Waals surface area (Å²) in [7, 11) is -3.70. The topological polar surface area (TPSA) is 95.2 Å². The fraction of sp³-hybridized carbons (Fsp3) is 0.125. The first-order chi connectivity index (χ1) is 11.3. The summed E-state index contributed by atoms with van der Waals surface area (Å²) in [4.78, 5) is 16.0. The van der Waals surface area contributed by atoms with Crippen LogP contribution in [-0.4, -0.2) is 26.5 Å². The standard InChI is InChI=1S/C16H13NO6S/c1-10-5-6-13(23-24(2,19)20)11(8-10)9-12-16(18)22-15(17-12)14-4-3-7-21-14/h3-9H,1-2H3/b12-9-. The molecular weight excluding hydrogens is 334 g/mol. The van der Waals surface area contributed by atoms with Gasteiger partial charge in [-0.1, -0.05) is 11.6 Å². The summed E-state index contributed by atoms with van der Waals surface area (Å²) in [6.07, 6.45) is 3.79. The molecule has 0 fully saturated rings. The maximum Gasteiger partial charge on any atom is 0.363 e. The van der Waals surface area contributed by atoms with Gasteiger partial charge in [0, 0.05) is 5.56 Å². The lowest BCUT2D eigenvalue weighted by atomic mass is 10.1. The zero-order valence-electron chi connectivity index (χ0n) is 12.8. The number of hydrogen-bond donors (Lipinski definition) is 0. The second-order valence-corrected chi connectivity index (χ2v) is 6.72. The van der Waals surface area contributed by atoms with Crippen molar-refractivity contribution in [3.63, 3.8) is 0 Å². The summed E-state index contributed by atoms with van der Waals surface area (Å²) >= 11 is 0. The molecule has 124 valence electrons. The Kier molecular flexibility index (Phi) is 3.98. The molecule has 0 saturated heterocycles. The molecule has 3 rings (SSSR count). The summed E-state index contributed by atoms with van der Waals surface area (Å²) in [5.74, 6) is -0.184. The van der Waals surface area contributed by atoms with Crippen LogP contribution < -0.4 is 4.18 Å². The summed E-state index contributed by atoms with van der Waals surface area (Å²) in [5, 5.41) is 0. The zero-order valence-corrected chi connectivity index (χ0v) is 13.7. The zero-order chi connectivity index (χ0) is 17.3. The minimum Gasteiger partial charge on any atom is -0.459 e. The lowest BCUT2D eigenvalue weighted by molar-refractivity contribution is -0.130. The number of carbonyl (C=O) groups excluding carboxylic acids is 1. The first-order valence-electron chi connectivity index (χ1n) is 6.88. The van der Waals surface area contributed by atoms with Gasteiger partial charge >= 0.3 is 16.1 Å². The van der Waals surface area contributed by atoms with Crippen molar-refractivity contribution in [1.82, 2.24) is 0 Å². The summed E-state index contributed by atoms with van der Waals surface area (Å²) in [5.41, 5.74) is 1.28. The first-order valence-corrected chi connectivity index (χ1v) is 8.70. The van der Waals surface area contributed by atoms with Crippen LogP contribution >= 0.6 is 0 Å². The second-order valence-electron chi connectivity index (χ2n) is 5.14. The van der Waals surface area contributed by atoms with Gasteiger partial charge in [0.05, 0.1) is 12.5 Å². The van der Waals surface area contributed by atoms with Crippen molar-refractivity contribution in [3.05, 3.63) is 59.2 Å². The van der Waals surface area contributed by atoms with E-state index < -0.39 is 16.1 Å². The average molecular weight is 347 g/mol. The minimum absolute atomic E-state index is 0.0188. The molecule has 0 amide bonds. The van der Waals surface area contributed by atoms with Crippen LogP contribution in [0.2, 0.25) is 0 Å². The number of benzene rings is 1. The molecule has 7 nitrogen and oxygen atoms in total. The second kappa shape index (κ2) is 5.97. The molecule has 1 aliphatic rings. The van der Waals surface area contributed by atoms with Crippen LogP contribution in [-0.2, 0) is 19.6 Å². The van der Waals surface area contributed by atoms with Gasteiger partial charge in [0.25, 0.3) is 5.90 Å². The Morgan fingerprint density at radius 1 is 1.25 bits per heavy atom. The molecule has 0 saturated carbocycles. The molecule has 0 unspecified atom stereocenters. The van der Waals surface area contributed by atoms with Crippen molar-refractivity contribution in [2.75, 3.05) is 6.26 Å². The van der Waals surface area contributed by atoms with Gasteiger partial charge in [-0.25, -0.2) is 9.79 Å². The number of cyclic esters (lactones) is 1. The lowest BCUT2D eigenvalue weighted by Gasteiger charge is -2.07. The van der Waals surface area contributed by atoms with Crippen molar-refractivity contribution in [1.29, 1.82) is 0 Å². The normalized spacial score (nSPS) is 16.2. The highest BCUT2D eigenvalue weighted by molar-refractivity contribution is 7.86. The highest BCUT2D eigenvalue weighted by Crippen LogP contribution is 2.26. The number of hydrogen-bond acceptors (Lipinski definition) is 7. The largest absolute Gasteiger partial charge is 0.459 e. The maximum absolute atomic E-state index is 12.0. The molecule has 0 aliphatic carbocycles. The van der Waals surface area contributed by atoms with Crippen molar-refractivity contribution in [3.8, 4) is 5.75 Å². The van der Waals surface area contributed by atoms with Crippen LogP contribution in [0.1, 0.15) is 16.9 Å². The molecule has 0 atom stereocenters. The van der Waals surface area contributed by atoms with Gasteiger partial charge in [0.15, 0.2) is 11.5 Å². The first kappa shape index (κ1) is 16.0. The van der Waals surface area contributed by atoms with Crippen molar-refractivity contribution >= 4 is 28.1 Å². The number of aliphatic imine (C=N–C) groups is 1. The van der Waals surface area contributed by atoms with E-state index in [1.54, 1.807) is 24.3 Å². The number of nitrogens with zero attached hydrogens (tertiary/aromatic N) is 1. The number of rotatable bonds is 4. The molecule has 1 aromatic heterocycles. The van der Waals surface area contributed by atoms with Crippen molar-refractivity contribution < 1.29 is 26.5 Å². The van der Waals surface area contributed by atoms with Gasteiger partial charge in [-0.3, -0.25) is 0 Å². The molecule has 2 heterocycles. The van der Waals surface area contributed by atoms with Crippen LogP contribution in [0.4, 0.5) is 0 Å². The van der Waals surface area contributed by atoms with E-state index in [0.29, 0.717) is 11.3 Å². The van der Waals surface area contributed by atoms with E-state index in [4.69, 9.17) is 13.3 Å². The Balaban J connectivity index is 2.02. The molecule has 2 aromatic rings. The Labute approximate surface area is 138 Å². The molecule has 1 aromatic carbocycles. The van der Waals surface area contributed by atoms with E-state index in [-0.39, 0.29) is 17.3 Å². The third-order valence-corrected chi connectivity index (χ3v) is 3.53.